The SMILES string of the molecule is N/C(=N/O)C1CN(C(=O)c2ccc(Cl)cc2Cl)CCO1. The summed E-state index contributed by atoms with van der Waals surface area (Å²) in [5.41, 5.74) is 5.85. The van der Waals surface area contributed by atoms with Gasteiger partial charge in [0.1, 0.15) is 6.10 Å². The van der Waals surface area contributed by atoms with E-state index in [2.05, 4.69) is 5.16 Å². The summed E-state index contributed by atoms with van der Waals surface area (Å²) in [4.78, 5) is 13.9. The first kappa shape index (κ1) is 14.9. The van der Waals surface area contributed by atoms with Crippen LogP contribution in [0.3, 0.4) is 0 Å². The average molecular weight is 318 g/mol. The number of carbonyl (C=O) groups excluding carboxylic acids is 1. The lowest BCUT2D eigenvalue weighted by molar-refractivity contribution is 0.00676. The molecule has 1 heterocycles. The van der Waals surface area contributed by atoms with Crippen molar-refractivity contribution < 1.29 is 14.7 Å². The van der Waals surface area contributed by atoms with Crippen LogP contribution in [-0.4, -0.2) is 47.7 Å². The smallest absolute Gasteiger partial charge is 0.255 e. The van der Waals surface area contributed by atoms with Crippen LogP contribution >= 0.6 is 23.2 Å². The normalized spacial score (nSPS) is 20.0. The molecule has 1 aromatic carbocycles. The van der Waals surface area contributed by atoms with E-state index < -0.39 is 6.10 Å². The molecule has 1 saturated heterocycles. The molecule has 0 bridgehead atoms. The van der Waals surface area contributed by atoms with Crippen molar-refractivity contribution in [3.05, 3.63) is 33.8 Å². The van der Waals surface area contributed by atoms with E-state index in [0.717, 1.165) is 0 Å². The molecule has 0 radical (unpaired) electrons. The Morgan fingerprint density at radius 3 is 2.90 bits per heavy atom. The van der Waals surface area contributed by atoms with E-state index in [1.54, 1.807) is 17.0 Å². The highest BCUT2D eigenvalue weighted by Crippen LogP contribution is 2.23. The summed E-state index contributed by atoms with van der Waals surface area (Å²) in [5.74, 6) is -0.310. The molecular formula is C12H13Cl2N3O3. The van der Waals surface area contributed by atoms with Gasteiger partial charge >= 0.3 is 0 Å². The molecule has 0 saturated carbocycles. The van der Waals surface area contributed by atoms with Crippen LogP contribution in [0.2, 0.25) is 10.0 Å². The van der Waals surface area contributed by atoms with Crippen molar-refractivity contribution in [1.82, 2.24) is 4.90 Å². The van der Waals surface area contributed by atoms with Crippen LogP contribution in [0.25, 0.3) is 0 Å². The minimum Gasteiger partial charge on any atom is -0.409 e. The molecule has 6 nitrogen and oxygen atoms in total. The monoisotopic (exact) mass is 317 g/mol. The quantitative estimate of drug-likeness (QED) is 0.375. The molecule has 0 aromatic heterocycles. The second kappa shape index (κ2) is 6.30. The molecule has 2 rings (SSSR count). The molecule has 3 N–H and O–H groups in total. The van der Waals surface area contributed by atoms with Gasteiger partial charge in [-0.15, -0.1) is 0 Å². The topological polar surface area (TPSA) is 88.2 Å². The molecule has 1 amide bonds. The number of halogens is 2. The van der Waals surface area contributed by atoms with Gasteiger partial charge in [-0.3, -0.25) is 4.79 Å². The Morgan fingerprint density at radius 2 is 2.25 bits per heavy atom. The Morgan fingerprint density at radius 1 is 1.50 bits per heavy atom. The van der Waals surface area contributed by atoms with E-state index in [0.29, 0.717) is 23.7 Å². The van der Waals surface area contributed by atoms with Gasteiger partial charge in [0, 0.05) is 11.6 Å². The van der Waals surface area contributed by atoms with Crippen molar-refractivity contribution in [2.24, 2.45) is 10.9 Å². The second-order valence-electron chi connectivity index (χ2n) is 4.26. The molecule has 0 spiro atoms. The van der Waals surface area contributed by atoms with Crippen LogP contribution in [-0.2, 0) is 4.74 Å². The summed E-state index contributed by atoms with van der Waals surface area (Å²) in [6.45, 7) is 0.915. The largest absolute Gasteiger partial charge is 0.409 e. The van der Waals surface area contributed by atoms with Gasteiger partial charge < -0.3 is 20.6 Å². The Kier molecular flexibility index (Phi) is 4.69. The van der Waals surface area contributed by atoms with E-state index in [9.17, 15) is 4.79 Å². The number of morpholine rings is 1. The van der Waals surface area contributed by atoms with E-state index in [-0.39, 0.29) is 23.3 Å². The number of rotatable bonds is 2. The van der Waals surface area contributed by atoms with Crippen molar-refractivity contribution in [2.45, 2.75) is 6.10 Å². The van der Waals surface area contributed by atoms with Gasteiger partial charge in [0.2, 0.25) is 0 Å². The molecule has 108 valence electrons. The van der Waals surface area contributed by atoms with Crippen molar-refractivity contribution >= 4 is 34.9 Å². The summed E-state index contributed by atoms with van der Waals surface area (Å²) < 4.78 is 5.33. The molecule has 1 aromatic rings. The number of nitrogens with two attached hydrogens (primary N) is 1. The Hall–Kier alpha value is -1.50. The number of benzene rings is 1. The first-order chi connectivity index (χ1) is 9.52. The summed E-state index contributed by atoms with van der Waals surface area (Å²) in [6.07, 6.45) is -0.622. The Bertz CT molecular complexity index is 551. The molecule has 1 unspecified atom stereocenters. The van der Waals surface area contributed by atoms with Crippen molar-refractivity contribution in [2.75, 3.05) is 19.7 Å². The maximum absolute atomic E-state index is 12.4. The third-order valence-corrected chi connectivity index (χ3v) is 3.51. The fourth-order valence-electron chi connectivity index (χ4n) is 1.91. The van der Waals surface area contributed by atoms with E-state index >= 15 is 0 Å². The van der Waals surface area contributed by atoms with Gasteiger partial charge in [-0.25, -0.2) is 0 Å². The predicted molar refractivity (Wildman–Crippen MR) is 75.5 cm³/mol. The van der Waals surface area contributed by atoms with Gasteiger partial charge in [-0.1, -0.05) is 28.4 Å². The van der Waals surface area contributed by atoms with E-state index in [1.165, 1.54) is 6.07 Å². The number of amidine groups is 1. The molecule has 8 heteroatoms. The van der Waals surface area contributed by atoms with Gasteiger partial charge in [-0.05, 0) is 18.2 Å². The number of amides is 1. The standard InChI is InChI=1S/C12H13Cl2N3O3/c13-7-1-2-8(9(14)5-7)12(18)17-3-4-20-10(6-17)11(15)16-19/h1-2,5,10,19H,3-4,6H2,(H2,15,16). The van der Waals surface area contributed by atoms with Crippen LogP contribution in [0.5, 0.6) is 0 Å². The lowest BCUT2D eigenvalue weighted by Gasteiger charge is -2.32. The number of ether oxygens (including phenoxy) is 1. The van der Waals surface area contributed by atoms with Gasteiger partial charge in [0.25, 0.3) is 5.91 Å². The molecule has 0 aliphatic carbocycles. The highest BCUT2D eigenvalue weighted by atomic mass is 35.5. The molecule has 1 atom stereocenters. The lowest BCUT2D eigenvalue weighted by Crippen LogP contribution is -2.50. The predicted octanol–water partition coefficient (Wildman–Crippen LogP) is 1.58. The zero-order chi connectivity index (χ0) is 14.7. The maximum atomic E-state index is 12.4. The molecular weight excluding hydrogens is 305 g/mol. The number of nitrogens with zero attached hydrogens (tertiary/aromatic N) is 2. The van der Waals surface area contributed by atoms with Gasteiger partial charge in [-0.2, -0.15) is 0 Å². The number of hydrogen-bond acceptors (Lipinski definition) is 4. The summed E-state index contributed by atoms with van der Waals surface area (Å²) in [5, 5.41) is 12.3. The summed E-state index contributed by atoms with van der Waals surface area (Å²) in [6, 6.07) is 4.68. The minimum atomic E-state index is -0.622. The van der Waals surface area contributed by atoms with Gasteiger partial charge in [0.05, 0.1) is 23.7 Å². The highest BCUT2D eigenvalue weighted by Gasteiger charge is 2.28. The van der Waals surface area contributed by atoms with Crippen LogP contribution < -0.4 is 5.73 Å². The van der Waals surface area contributed by atoms with Crippen LogP contribution in [0.4, 0.5) is 0 Å². The fourth-order valence-corrected chi connectivity index (χ4v) is 2.40. The highest BCUT2D eigenvalue weighted by molar-refractivity contribution is 6.36. The van der Waals surface area contributed by atoms with Crippen molar-refractivity contribution in [3.63, 3.8) is 0 Å². The van der Waals surface area contributed by atoms with Crippen molar-refractivity contribution in [3.8, 4) is 0 Å². The molecule has 1 fully saturated rings. The zero-order valence-corrected chi connectivity index (χ0v) is 11.9. The number of hydrogen-bond donors (Lipinski definition) is 2. The molecule has 1 aliphatic heterocycles. The van der Waals surface area contributed by atoms with Crippen LogP contribution in [0, 0.1) is 0 Å². The van der Waals surface area contributed by atoms with E-state index in [4.69, 9.17) is 38.9 Å². The molecule has 1 aliphatic rings. The van der Waals surface area contributed by atoms with E-state index in [1.807, 2.05) is 0 Å². The Balaban J connectivity index is 2.16. The Labute approximate surface area is 125 Å². The third-order valence-electron chi connectivity index (χ3n) is 2.96. The number of carbonyl (C=O) groups is 1. The van der Waals surface area contributed by atoms with Crippen LogP contribution in [0.15, 0.2) is 23.4 Å². The maximum Gasteiger partial charge on any atom is 0.255 e. The zero-order valence-electron chi connectivity index (χ0n) is 10.4. The third kappa shape index (κ3) is 3.15. The average Bonchev–Trinajstić information content (AvgIpc) is 2.46. The first-order valence-corrected chi connectivity index (χ1v) is 6.62. The molecule has 20 heavy (non-hydrogen) atoms. The summed E-state index contributed by atoms with van der Waals surface area (Å²) >= 11 is 11.8. The summed E-state index contributed by atoms with van der Waals surface area (Å²) in [7, 11) is 0. The van der Waals surface area contributed by atoms with Crippen LogP contribution in [0.1, 0.15) is 10.4 Å². The second-order valence-corrected chi connectivity index (χ2v) is 5.10. The van der Waals surface area contributed by atoms with Gasteiger partial charge in [0.15, 0.2) is 5.84 Å². The number of oxime groups is 1. The lowest BCUT2D eigenvalue weighted by atomic mass is 10.1. The minimum absolute atomic E-state index is 0.0651. The first-order valence-electron chi connectivity index (χ1n) is 5.86. The fraction of sp³-hybridized carbons (Fsp3) is 0.333. The van der Waals surface area contributed by atoms with Crippen molar-refractivity contribution in [1.29, 1.82) is 0 Å².